The summed E-state index contributed by atoms with van der Waals surface area (Å²) in [6.45, 7) is 0.763. The summed E-state index contributed by atoms with van der Waals surface area (Å²) >= 11 is 5.33. The van der Waals surface area contributed by atoms with Gasteiger partial charge in [0.25, 0.3) is 0 Å². The molecule has 1 unspecified atom stereocenters. The van der Waals surface area contributed by atoms with Crippen molar-refractivity contribution in [2.75, 3.05) is 6.54 Å². The fraction of sp³-hybridized carbons (Fsp3) is 0.375. The van der Waals surface area contributed by atoms with Crippen LogP contribution in [0.2, 0.25) is 0 Å². The van der Waals surface area contributed by atoms with Gasteiger partial charge in [-0.1, -0.05) is 12.1 Å². The van der Waals surface area contributed by atoms with Gasteiger partial charge in [0.1, 0.15) is 5.82 Å². The van der Waals surface area contributed by atoms with Crippen LogP contribution in [0.3, 0.4) is 0 Å². The lowest BCUT2D eigenvalue weighted by Crippen LogP contribution is -2.23. The van der Waals surface area contributed by atoms with E-state index in [1.165, 1.54) is 16.2 Å². The molecule has 3 rings (SSSR count). The zero-order valence-corrected chi connectivity index (χ0v) is 14.2. The molecule has 1 aliphatic rings. The minimum absolute atomic E-state index is 0.599. The summed E-state index contributed by atoms with van der Waals surface area (Å²) in [6.07, 6.45) is 5.22. The van der Waals surface area contributed by atoms with Crippen LogP contribution in [-0.4, -0.2) is 16.5 Å². The van der Waals surface area contributed by atoms with Crippen molar-refractivity contribution in [2.24, 2.45) is 11.7 Å². The number of rotatable bonds is 4. The van der Waals surface area contributed by atoms with Gasteiger partial charge in [-0.15, -0.1) is 11.8 Å². The van der Waals surface area contributed by atoms with Gasteiger partial charge in [0.05, 0.1) is 5.75 Å². The topological polar surface area (TPSA) is 51.8 Å². The maximum atomic E-state index is 5.77. The van der Waals surface area contributed by atoms with E-state index in [9.17, 15) is 0 Å². The number of aryl methyl sites for hydroxylation is 1. The summed E-state index contributed by atoms with van der Waals surface area (Å²) in [7, 11) is 0. The van der Waals surface area contributed by atoms with E-state index in [2.05, 4.69) is 33.0 Å². The number of thioether (sulfide) groups is 1. The van der Waals surface area contributed by atoms with Crippen LogP contribution < -0.4 is 5.73 Å². The molecule has 0 amide bonds. The molecule has 2 aromatic rings. The lowest BCUT2D eigenvalue weighted by Gasteiger charge is -2.22. The Morgan fingerprint density at radius 1 is 1.33 bits per heavy atom. The van der Waals surface area contributed by atoms with Crippen LogP contribution in [0.4, 0.5) is 0 Å². The molecule has 3 nitrogen and oxygen atoms in total. The summed E-state index contributed by atoms with van der Waals surface area (Å²) in [4.78, 5) is 10.5. The average molecular weight is 364 g/mol. The van der Waals surface area contributed by atoms with Crippen molar-refractivity contribution in [1.82, 2.24) is 9.97 Å². The molecule has 0 saturated carbocycles. The Bertz CT molecular complexity index is 633. The molecule has 1 aromatic heterocycles. The molecular weight excluding hydrogens is 346 g/mol. The summed E-state index contributed by atoms with van der Waals surface area (Å²) in [5.74, 6) is 2.32. The predicted octanol–water partition coefficient (Wildman–Crippen LogP) is 3.60. The molecular formula is C16H18BrN3S. The number of hydrogen-bond acceptors (Lipinski definition) is 4. The van der Waals surface area contributed by atoms with E-state index in [0.717, 1.165) is 41.9 Å². The Hall–Kier alpha value is -0.910. The third-order valence-electron chi connectivity index (χ3n) is 3.83. The van der Waals surface area contributed by atoms with Crippen molar-refractivity contribution in [2.45, 2.75) is 29.9 Å². The van der Waals surface area contributed by atoms with E-state index >= 15 is 0 Å². The first kappa shape index (κ1) is 15.0. The Morgan fingerprint density at radius 3 is 3.00 bits per heavy atom. The third-order valence-corrected chi connectivity index (χ3v) is 5.85. The number of benzene rings is 1. The monoisotopic (exact) mass is 363 g/mol. The SMILES string of the molecule is NCC1CCc2nc(CSc3ccccc3Br)ncc2C1. The van der Waals surface area contributed by atoms with Gasteiger partial charge in [-0.2, -0.15) is 0 Å². The minimum Gasteiger partial charge on any atom is -0.330 e. The summed E-state index contributed by atoms with van der Waals surface area (Å²) in [5.41, 5.74) is 8.27. The third kappa shape index (κ3) is 3.65. The van der Waals surface area contributed by atoms with E-state index in [4.69, 9.17) is 10.7 Å². The van der Waals surface area contributed by atoms with Crippen LogP contribution >= 0.6 is 27.7 Å². The highest BCUT2D eigenvalue weighted by Gasteiger charge is 2.19. The van der Waals surface area contributed by atoms with E-state index in [0.29, 0.717) is 5.92 Å². The largest absolute Gasteiger partial charge is 0.330 e. The van der Waals surface area contributed by atoms with Gasteiger partial charge >= 0.3 is 0 Å². The molecule has 0 spiro atoms. The van der Waals surface area contributed by atoms with E-state index < -0.39 is 0 Å². The van der Waals surface area contributed by atoms with Crippen LogP contribution in [0, 0.1) is 5.92 Å². The van der Waals surface area contributed by atoms with Gasteiger partial charge in [-0.25, -0.2) is 9.97 Å². The molecule has 5 heteroatoms. The van der Waals surface area contributed by atoms with Crippen LogP contribution in [0.5, 0.6) is 0 Å². The summed E-state index contributed by atoms with van der Waals surface area (Å²) < 4.78 is 1.12. The molecule has 0 radical (unpaired) electrons. The van der Waals surface area contributed by atoms with Gasteiger partial charge in [-0.05, 0) is 65.4 Å². The first-order valence-electron chi connectivity index (χ1n) is 7.17. The molecule has 21 heavy (non-hydrogen) atoms. The highest BCUT2D eigenvalue weighted by molar-refractivity contribution is 9.10. The Labute approximate surface area is 137 Å². The second-order valence-corrected chi connectivity index (χ2v) is 7.19. The number of aromatic nitrogens is 2. The summed E-state index contributed by atoms with van der Waals surface area (Å²) in [5, 5.41) is 0. The van der Waals surface area contributed by atoms with E-state index in [1.807, 2.05) is 18.3 Å². The van der Waals surface area contributed by atoms with Gasteiger partial charge in [0.2, 0.25) is 0 Å². The quantitative estimate of drug-likeness (QED) is 0.843. The number of nitrogens with two attached hydrogens (primary N) is 1. The maximum Gasteiger partial charge on any atom is 0.138 e. The van der Waals surface area contributed by atoms with Gasteiger partial charge in [-0.3, -0.25) is 0 Å². The van der Waals surface area contributed by atoms with Crippen LogP contribution in [-0.2, 0) is 18.6 Å². The second-order valence-electron chi connectivity index (χ2n) is 5.32. The molecule has 0 bridgehead atoms. The molecule has 1 aliphatic carbocycles. The van der Waals surface area contributed by atoms with Crippen molar-refractivity contribution in [3.63, 3.8) is 0 Å². The Morgan fingerprint density at radius 2 is 2.19 bits per heavy atom. The van der Waals surface area contributed by atoms with Crippen molar-refractivity contribution in [3.8, 4) is 0 Å². The first-order valence-corrected chi connectivity index (χ1v) is 8.95. The summed E-state index contributed by atoms with van der Waals surface area (Å²) in [6, 6.07) is 8.24. The zero-order chi connectivity index (χ0) is 14.7. The van der Waals surface area contributed by atoms with Gasteiger partial charge in [0, 0.05) is 21.3 Å². The molecule has 1 aromatic carbocycles. The Balaban J connectivity index is 1.69. The molecule has 1 heterocycles. The lowest BCUT2D eigenvalue weighted by molar-refractivity contribution is 0.460. The Kier molecular flexibility index (Phi) is 4.93. The van der Waals surface area contributed by atoms with Crippen LogP contribution in [0.1, 0.15) is 23.5 Å². The highest BCUT2D eigenvalue weighted by Crippen LogP contribution is 2.29. The number of nitrogens with zero attached hydrogens (tertiary/aromatic N) is 2. The van der Waals surface area contributed by atoms with E-state index in [1.54, 1.807) is 11.8 Å². The minimum atomic E-state index is 0.599. The molecule has 0 aliphatic heterocycles. The molecule has 0 saturated heterocycles. The fourth-order valence-electron chi connectivity index (χ4n) is 2.60. The van der Waals surface area contributed by atoms with Crippen LogP contribution in [0.25, 0.3) is 0 Å². The van der Waals surface area contributed by atoms with Gasteiger partial charge in [0.15, 0.2) is 0 Å². The molecule has 110 valence electrons. The maximum absolute atomic E-state index is 5.77. The molecule has 1 atom stereocenters. The molecule has 2 N–H and O–H groups in total. The smallest absolute Gasteiger partial charge is 0.138 e. The number of halogens is 1. The van der Waals surface area contributed by atoms with Crippen LogP contribution in [0.15, 0.2) is 39.8 Å². The second kappa shape index (κ2) is 6.90. The average Bonchev–Trinajstić information content (AvgIpc) is 2.53. The first-order chi connectivity index (χ1) is 10.3. The predicted molar refractivity (Wildman–Crippen MR) is 90.3 cm³/mol. The van der Waals surface area contributed by atoms with Crippen molar-refractivity contribution in [3.05, 3.63) is 52.0 Å². The standard InChI is InChI=1S/C16H18BrN3S/c17-13-3-1-2-4-15(13)21-10-16-19-9-12-7-11(8-18)5-6-14(12)20-16/h1-4,9,11H,5-8,10,18H2. The van der Waals surface area contributed by atoms with Gasteiger partial charge < -0.3 is 5.73 Å². The fourth-order valence-corrected chi connectivity index (χ4v) is 4.03. The zero-order valence-electron chi connectivity index (χ0n) is 11.8. The van der Waals surface area contributed by atoms with Crippen molar-refractivity contribution >= 4 is 27.7 Å². The van der Waals surface area contributed by atoms with E-state index in [-0.39, 0.29) is 0 Å². The number of fused-ring (bicyclic) bond motifs is 1. The lowest BCUT2D eigenvalue weighted by atomic mass is 9.87. The molecule has 0 fully saturated rings. The highest BCUT2D eigenvalue weighted by atomic mass is 79.9. The van der Waals surface area contributed by atoms with Crippen molar-refractivity contribution in [1.29, 1.82) is 0 Å². The number of hydrogen-bond donors (Lipinski definition) is 1. The van der Waals surface area contributed by atoms with Crippen molar-refractivity contribution < 1.29 is 0 Å². The normalized spacial score (nSPS) is 17.5.